The molecule has 11 heteroatoms. The molecule has 1 saturated heterocycles. The Labute approximate surface area is 191 Å². The molecule has 0 bridgehead atoms. The fourth-order valence-electron chi connectivity index (χ4n) is 3.24. The lowest BCUT2D eigenvalue weighted by Gasteiger charge is -2.27. The Bertz CT molecular complexity index is 1170. The highest BCUT2D eigenvalue weighted by molar-refractivity contribution is 7.89. The van der Waals surface area contributed by atoms with Crippen molar-refractivity contribution >= 4 is 38.0 Å². The summed E-state index contributed by atoms with van der Waals surface area (Å²) in [5, 5.41) is 11.0. The Morgan fingerprint density at radius 1 is 1.22 bits per heavy atom. The summed E-state index contributed by atoms with van der Waals surface area (Å²) in [7, 11) is -3.85. The number of pyridine rings is 1. The molecule has 170 valence electrons. The molecule has 0 unspecified atom stereocenters. The van der Waals surface area contributed by atoms with Crippen LogP contribution in [0.25, 0.3) is 11.3 Å². The van der Waals surface area contributed by atoms with E-state index in [4.69, 9.17) is 14.6 Å². The number of benzene rings is 1. The maximum atomic E-state index is 11.8. The monoisotopic (exact) mass is 475 g/mol. The Morgan fingerprint density at radius 2 is 2.00 bits per heavy atom. The first-order chi connectivity index (χ1) is 15.3. The van der Waals surface area contributed by atoms with Gasteiger partial charge in [-0.1, -0.05) is 0 Å². The number of nitrogens with two attached hydrogens (primary N) is 1. The lowest BCUT2D eigenvalue weighted by atomic mass is 10.2. The van der Waals surface area contributed by atoms with Gasteiger partial charge in [0.2, 0.25) is 10.0 Å². The molecule has 1 aliphatic heterocycles. The van der Waals surface area contributed by atoms with Crippen LogP contribution in [0.2, 0.25) is 0 Å². The molecular formula is C21H25N5O4S2. The number of morpholine rings is 1. The molecule has 0 amide bonds. The Morgan fingerprint density at radius 3 is 2.66 bits per heavy atom. The molecule has 0 spiro atoms. The molecule has 1 aliphatic rings. The number of nitrogens with one attached hydrogen (secondary N) is 1. The van der Waals surface area contributed by atoms with Gasteiger partial charge in [-0.3, -0.25) is 0 Å². The van der Waals surface area contributed by atoms with Crippen molar-refractivity contribution in [3.8, 4) is 17.0 Å². The zero-order chi connectivity index (χ0) is 22.7. The van der Waals surface area contributed by atoms with Gasteiger partial charge in [-0.05, 0) is 44.2 Å². The van der Waals surface area contributed by atoms with Gasteiger partial charge in [-0.15, -0.1) is 11.3 Å². The van der Waals surface area contributed by atoms with Crippen molar-refractivity contribution in [1.29, 1.82) is 0 Å². The molecule has 4 rings (SSSR count). The normalized spacial score (nSPS) is 14.6. The number of rotatable bonds is 7. The summed E-state index contributed by atoms with van der Waals surface area (Å²) in [5.41, 5.74) is 2.14. The fourth-order valence-corrected chi connectivity index (χ4v) is 4.51. The summed E-state index contributed by atoms with van der Waals surface area (Å²) in [4.78, 5) is 11.4. The van der Waals surface area contributed by atoms with E-state index in [0.29, 0.717) is 29.8 Å². The Balaban J connectivity index is 1.55. The number of aromatic nitrogens is 2. The van der Waals surface area contributed by atoms with Gasteiger partial charge in [0.1, 0.15) is 11.6 Å². The third-order valence-electron chi connectivity index (χ3n) is 4.77. The van der Waals surface area contributed by atoms with Gasteiger partial charge in [0.05, 0.1) is 35.6 Å². The van der Waals surface area contributed by atoms with E-state index in [9.17, 15) is 8.42 Å². The van der Waals surface area contributed by atoms with E-state index in [1.165, 1.54) is 23.5 Å². The minimum Gasteiger partial charge on any atom is -0.489 e. The molecule has 3 heterocycles. The van der Waals surface area contributed by atoms with Crippen molar-refractivity contribution in [2.45, 2.75) is 24.8 Å². The standard InChI is InChI=1S/C21H25N5O4S2/c1-14(2)30-19-5-4-16(32(22,27)28)11-17(19)24-21-25-18(13-31-21)15-3-6-20(23-12-15)26-7-9-29-10-8-26/h3-6,11-14H,7-10H2,1-2H3,(H,24,25)(H2,22,27,28). The average Bonchev–Trinajstić information content (AvgIpc) is 3.23. The number of sulfonamides is 1. The van der Waals surface area contributed by atoms with Crippen molar-refractivity contribution in [2.75, 3.05) is 36.5 Å². The quantitative estimate of drug-likeness (QED) is 0.535. The number of hydrogen-bond acceptors (Lipinski definition) is 9. The lowest BCUT2D eigenvalue weighted by Crippen LogP contribution is -2.36. The smallest absolute Gasteiger partial charge is 0.238 e. The topological polar surface area (TPSA) is 120 Å². The van der Waals surface area contributed by atoms with Crippen LogP contribution in [0, 0.1) is 0 Å². The molecule has 9 nitrogen and oxygen atoms in total. The second-order valence-electron chi connectivity index (χ2n) is 7.54. The second-order valence-corrected chi connectivity index (χ2v) is 9.96. The number of ether oxygens (including phenoxy) is 2. The van der Waals surface area contributed by atoms with E-state index in [1.807, 2.05) is 31.4 Å². The SMILES string of the molecule is CC(C)Oc1ccc(S(N)(=O)=O)cc1Nc1nc(-c2ccc(N3CCOCC3)nc2)cs1. The highest BCUT2D eigenvalue weighted by Crippen LogP contribution is 2.33. The molecule has 3 N–H and O–H groups in total. The minimum atomic E-state index is -3.85. The number of hydrogen-bond donors (Lipinski definition) is 2. The van der Waals surface area contributed by atoms with Gasteiger partial charge < -0.3 is 19.7 Å². The summed E-state index contributed by atoms with van der Waals surface area (Å²) in [6.45, 7) is 6.86. The first-order valence-corrected chi connectivity index (χ1v) is 12.6. The fraction of sp³-hybridized carbons (Fsp3) is 0.333. The molecule has 32 heavy (non-hydrogen) atoms. The molecule has 0 aliphatic carbocycles. The molecule has 0 atom stereocenters. The highest BCUT2D eigenvalue weighted by Gasteiger charge is 2.16. The third kappa shape index (κ3) is 5.36. The van der Waals surface area contributed by atoms with Gasteiger partial charge in [0.15, 0.2) is 5.13 Å². The van der Waals surface area contributed by atoms with Gasteiger partial charge in [0.25, 0.3) is 0 Å². The van der Waals surface area contributed by atoms with Crippen molar-refractivity contribution in [1.82, 2.24) is 9.97 Å². The van der Waals surface area contributed by atoms with Crippen molar-refractivity contribution in [3.05, 3.63) is 41.9 Å². The summed E-state index contributed by atoms with van der Waals surface area (Å²) in [5.74, 6) is 1.43. The molecule has 1 fully saturated rings. The van der Waals surface area contributed by atoms with Crippen LogP contribution >= 0.6 is 11.3 Å². The molecular weight excluding hydrogens is 450 g/mol. The van der Waals surface area contributed by atoms with E-state index in [2.05, 4.69) is 20.2 Å². The maximum Gasteiger partial charge on any atom is 0.238 e. The van der Waals surface area contributed by atoms with Crippen molar-refractivity contribution < 1.29 is 17.9 Å². The van der Waals surface area contributed by atoms with Crippen molar-refractivity contribution in [2.24, 2.45) is 5.14 Å². The molecule has 0 radical (unpaired) electrons. The van der Waals surface area contributed by atoms with Gasteiger partial charge >= 0.3 is 0 Å². The van der Waals surface area contributed by atoms with E-state index in [-0.39, 0.29) is 11.0 Å². The van der Waals surface area contributed by atoms with Crippen LogP contribution in [0.4, 0.5) is 16.6 Å². The first-order valence-electron chi connectivity index (χ1n) is 10.1. The largest absolute Gasteiger partial charge is 0.489 e. The summed E-state index contributed by atoms with van der Waals surface area (Å²) in [6.07, 6.45) is 1.72. The van der Waals surface area contributed by atoms with Crippen molar-refractivity contribution in [3.63, 3.8) is 0 Å². The minimum absolute atomic E-state index is 0.00390. The van der Waals surface area contributed by atoms with Crippen LogP contribution in [-0.4, -0.2) is 50.8 Å². The summed E-state index contributed by atoms with van der Waals surface area (Å²) < 4.78 is 34.8. The molecule has 3 aromatic rings. The predicted molar refractivity (Wildman–Crippen MR) is 125 cm³/mol. The molecule has 2 aromatic heterocycles. The molecule has 1 aromatic carbocycles. The Hall–Kier alpha value is -2.73. The predicted octanol–water partition coefficient (Wildman–Crippen LogP) is 3.22. The average molecular weight is 476 g/mol. The van der Waals surface area contributed by atoms with E-state index in [0.717, 1.165) is 30.2 Å². The Kier molecular flexibility index (Phi) is 6.60. The molecule has 0 saturated carbocycles. The zero-order valence-corrected chi connectivity index (χ0v) is 19.4. The third-order valence-corrected chi connectivity index (χ3v) is 6.44. The highest BCUT2D eigenvalue weighted by atomic mass is 32.2. The van der Waals surface area contributed by atoms with Gasteiger partial charge in [-0.25, -0.2) is 23.5 Å². The summed E-state index contributed by atoms with van der Waals surface area (Å²) >= 11 is 1.40. The van der Waals surface area contributed by atoms with Gasteiger partial charge in [-0.2, -0.15) is 0 Å². The maximum absolute atomic E-state index is 11.8. The van der Waals surface area contributed by atoms with Crippen LogP contribution in [-0.2, 0) is 14.8 Å². The van der Waals surface area contributed by atoms with Gasteiger partial charge in [0, 0.05) is 30.2 Å². The van der Waals surface area contributed by atoms with E-state index in [1.54, 1.807) is 12.3 Å². The van der Waals surface area contributed by atoms with Crippen LogP contribution in [0.3, 0.4) is 0 Å². The lowest BCUT2D eigenvalue weighted by molar-refractivity contribution is 0.122. The van der Waals surface area contributed by atoms with Crippen LogP contribution in [0.5, 0.6) is 5.75 Å². The first kappa shape index (κ1) is 22.5. The number of primary sulfonamides is 1. The van der Waals surface area contributed by atoms with Crippen LogP contribution in [0.15, 0.2) is 46.8 Å². The number of anilines is 3. The van der Waals surface area contributed by atoms with E-state index >= 15 is 0 Å². The summed E-state index contributed by atoms with van der Waals surface area (Å²) in [6, 6.07) is 8.44. The van der Waals surface area contributed by atoms with Crippen LogP contribution in [0.1, 0.15) is 13.8 Å². The van der Waals surface area contributed by atoms with Crippen LogP contribution < -0.4 is 20.1 Å². The number of nitrogens with zero attached hydrogens (tertiary/aromatic N) is 3. The zero-order valence-electron chi connectivity index (χ0n) is 17.8. The number of thiazole rings is 1. The second kappa shape index (κ2) is 9.41. The van der Waals surface area contributed by atoms with E-state index < -0.39 is 10.0 Å².